The van der Waals surface area contributed by atoms with Crippen molar-refractivity contribution < 1.29 is 8.42 Å². The number of aromatic nitrogens is 1. The van der Waals surface area contributed by atoms with Gasteiger partial charge in [0, 0.05) is 25.5 Å². The van der Waals surface area contributed by atoms with Crippen LogP contribution in [-0.2, 0) is 10.0 Å². The molecule has 1 aromatic heterocycles. The third kappa shape index (κ3) is 1.86. The molecular weight excluding hydrogens is 238 g/mol. The predicted molar refractivity (Wildman–Crippen MR) is 62.8 cm³/mol. The van der Waals surface area contributed by atoms with E-state index in [4.69, 9.17) is 0 Å². The van der Waals surface area contributed by atoms with Crippen molar-refractivity contribution in [1.29, 1.82) is 0 Å². The van der Waals surface area contributed by atoms with Crippen LogP contribution in [0.1, 0.15) is 0 Å². The molecule has 0 aliphatic carbocycles. The van der Waals surface area contributed by atoms with Crippen LogP contribution < -0.4 is 5.32 Å². The zero-order valence-corrected chi connectivity index (χ0v) is 10.2. The first-order valence-corrected chi connectivity index (χ1v) is 7.23. The van der Waals surface area contributed by atoms with Crippen LogP contribution >= 0.6 is 0 Å². The molecular formula is C11H15N3O2S. The van der Waals surface area contributed by atoms with Crippen LogP contribution in [0.15, 0.2) is 29.4 Å². The number of hydrogen-bond donors (Lipinski definition) is 1. The van der Waals surface area contributed by atoms with E-state index in [1.165, 1.54) is 6.20 Å². The van der Waals surface area contributed by atoms with Crippen molar-refractivity contribution in [3.63, 3.8) is 0 Å². The van der Waals surface area contributed by atoms with Gasteiger partial charge in [0.25, 0.3) is 0 Å². The summed E-state index contributed by atoms with van der Waals surface area (Å²) >= 11 is 0. The van der Waals surface area contributed by atoms with E-state index in [1.54, 1.807) is 22.6 Å². The van der Waals surface area contributed by atoms with E-state index in [0.717, 1.165) is 13.1 Å². The molecule has 0 unspecified atom stereocenters. The Labute approximate surface area is 101 Å². The number of fused-ring (bicyclic) bond motifs is 1. The minimum Gasteiger partial charge on any atom is -0.316 e. The van der Waals surface area contributed by atoms with E-state index in [9.17, 15) is 8.42 Å². The van der Waals surface area contributed by atoms with Gasteiger partial charge in [-0.15, -0.1) is 0 Å². The van der Waals surface area contributed by atoms with E-state index < -0.39 is 10.0 Å². The third-order valence-electron chi connectivity index (χ3n) is 3.63. The number of nitrogens with one attached hydrogen (secondary N) is 1. The first kappa shape index (κ1) is 11.1. The van der Waals surface area contributed by atoms with Crippen LogP contribution in [0, 0.1) is 11.8 Å². The smallest absolute Gasteiger partial charge is 0.244 e. The molecule has 0 radical (unpaired) electrons. The van der Waals surface area contributed by atoms with E-state index in [1.807, 2.05) is 0 Å². The van der Waals surface area contributed by atoms with Crippen molar-refractivity contribution in [3.05, 3.63) is 24.5 Å². The number of nitrogens with zero attached hydrogens (tertiary/aromatic N) is 2. The highest BCUT2D eigenvalue weighted by atomic mass is 32.2. The second-order valence-corrected chi connectivity index (χ2v) is 6.63. The molecule has 1 aromatic rings. The molecule has 5 nitrogen and oxygen atoms in total. The lowest BCUT2D eigenvalue weighted by atomic mass is 10.0. The number of hydrogen-bond acceptors (Lipinski definition) is 4. The standard InChI is InChI=1S/C11H15N3O2S/c15-17(16,11-2-1-3-12-6-11)14-7-9-4-13-5-10(9)8-14/h1-3,6,9-10,13H,4-5,7-8H2/t9-,10+. The molecule has 0 spiro atoms. The summed E-state index contributed by atoms with van der Waals surface area (Å²) in [6, 6.07) is 3.26. The summed E-state index contributed by atoms with van der Waals surface area (Å²) in [5, 5.41) is 3.30. The molecule has 92 valence electrons. The minimum atomic E-state index is -3.34. The van der Waals surface area contributed by atoms with Gasteiger partial charge < -0.3 is 5.32 Å². The zero-order chi connectivity index (χ0) is 11.9. The molecule has 0 amide bonds. The van der Waals surface area contributed by atoms with Gasteiger partial charge in [-0.3, -0.25) is 4.98 Å². The van der Waals surface area contributed by atoms with Crippen molar-refractivity contribution in [2.45, 2.75) is 4.90 Å². The quantitative estimate of drug-likeness (QED) is 0.801. The SMILES string of the molecule is O=S(=O)(c1cccnc1)N1C[C@H]2CNC[C@H]2C1. The van der Waals surface area contributed by atoms with Crippen LogP contribution in [0.25, 0.3) is 0 Å². The normalized spacial score (nSPS) is 29.4. The lowest BCUT2D eigenvalue weighted by Gasteiger charge is -2.16. The van der Waals surface area contributed by atoms with Gasteiger partial charge in [0.15, 0.2) is 0 Å². The molecule has 2 aliphatic rings. The lowest BCUT2D eigenvalue weighted by molar-refractivity contribution is 0.448. The van der Waals surface area contributed by atoms with Gasteiger partial charge >= 0.3 is 0 Å². The molecule has 0 aromatic carbocycles. The Kier molecular flexibility index (Phi) is 2.65. The fraction of sp³-hybridized carbons (Fsp3) is 0.545. The van der Waals surface area contributed by atoms with E-state index in [2.05, 4.69) is 10.3 Å². The van der Waals surface area contributed by atoms with Crippen molar-refractivity contribution in [2.75, 3.05) is 26.2 Å². The van der Waals surface area contributed by atoms with Crippen LogP contribution in [0.4, 0.5) is 0 Å². The van der Waals surface area contributed by atoms with Gasteiger partial charge in [0.1, 0.15) is 4.90 Å². The molecule has 2 aliphatic heterocycles. The summed E-state index contributed by atoms with van der Waals surface area (Å²) in [5.41, 5.74) is 0. The van der Waals surface area contributed by atoms with E-state index in [0.29, 0.717) is 29.8 Å². The van der Waals surface area contributed by atoms with Crippen LogP contribution in [0.5, 0.6) is 0 Å². The zero-order valence-electron chi connectivity index (χ0n) is 9.41. The maximum Gasteiger partial charge on any atom is 0.244 e. The number of sulfonamides is 1. The Morgan fingerprint density at radius 2 is 2.00 bits per heavy atom. The average Bonchev–Trinajstić information content (AvgIpc) is 2.90. The van der Waals surface area contributed by atoms with Gasteiger partial charge in [-0.25, -0.2) is 8.42 Å². The molecule has 2 saturated heterocycles. The topological polar surface area (TPSA) is 62.3 Å². The Bertz CT molecular complexity index is 491. The van der Waals surface area contributed by atoms with Crippen molar-refractivity contribution in [1.82, 2.24) is 14.6 Å². The maximum atomic E-state index is 12.3. The molecule has 2 atom stereocenters. The summed E-state index contributed by atoms with van der Waals surface area (Å²) in [4.78, 5) is 4.18. The molecule has 2 fully saturated rings. The summed E-state index contributed by atoms with van der Waals surface area (Å²) in [6.07, 6.45) is 3.00. The Hall–Kier alpha value is -0.980. The average molecular weight is 253 g/mol. The fourth-order valence-electron chi connectivity index (χ4n) is 2.66. The summed E-state index contributed by atoms with van der Waals surface area (Å²) < 4.78 is 26.3. The van der Waals surface area contributed by atoms with E-state index >= 15 is 0 Å². The molecule has 17 heavy (non-hydrogen) atoms. The van der Waals surface area contributed by atoms with E-state index in [-0.39, 0.29) is 0 Å². The largest absolute Gasteiger partial charge is 0.316 e. The molecule has 3 heterocycles. The number of pyridine rings is 1. The highest BCUT2D eigenvalue weighted by Crippen LogP contribution is 2.30. The molecule has 3 rings (SSSR count). The molecule has 1 N–H and O–H groups in total. The Balaban J connectivity index is 1.86. The summed E-state index contributed by atoms with van der Waals surface area (Å²) in [5.74, 6) is 0.947. The van der Waals surface area contributed by atoms with Crippen LogP contribution in [0.2, 0.25) is 0 Å². The Morgan fingerprint density at radius 3 is 2.59 bits per heavy atom. The maximum absolute atomic E-state index is 12.3. The second kappa shape index (κ2) is 4.04. The molecule has 0 saturated carbocycles. The summed E-state index contributed by atoms with van der Waals surface area (Å²) in [7, 11) is -3.34. The number of rotatable bonds is 2. The fourth-order valence-corrected chi connectivity index (χ4v) is 4.18. The van der Waals surface area contributed by atoms with Crippen molar-refractivity contribution >= 4 is 10.0 Å². The van der Waals surface area contributed by atoms with Gasteiger partial charge in [-0.05, 0) is 37.1 Å². The van der Waals surface area contributed by atoms with Crippen LogP contribution in [-0.4, -0.2) is 43.9 Å². The monoisotopic (exact) mass is 253 g/mol. The third-order valence-corrected chi connectivity index (χ3v) is 5.44. The van der Waals surface area contributed by atoms with Gasteiger partial charge in [0.05, 0.1) is 0 Å². The highest BCUT2D eigenvalue weighted by molar-refractivity contribution is 7.89. The highest BCUT2D eigenvalue weighted by Gasteiger charge is 2.41. The minimum absolute atomic E-state index is 0.299. The molecule has 6 heteroatoms. The Morgan fingerprint density at radius 1 is 1.29 bits per heavy atom. The lowest BCUT2D eigenvalue weighted by Crippen LogP contribution is -2.32. The van der Waals surface area contributed by atoms with Crippen molar-refractivity contribution in [2.24, 2.45) is 11.8 Å². The van der Waals surface area contributed by atoms with Gasteiger partial charge in [-0.2, -0.15) is 4.31 Å². The first-order chi connectivity index (χ1) is 8.18. The molecule has 0 bridgehead atoms. The van der Waals surface area contributed by atoms with Gasteiger partial charge in [-0.1, -0.05) is 0 Å². The van der Waals surface area contributed by atoms with Crippen LogP contribution in [0.3, 0.4) is 0 Å². The first-order valence-electron chi connectivity index (χ1n) is 5.79. The predicted octanol–water partition coefficient (Wildman–Crippen LogP) is -0.0785. The van der Waals surface area contributed by atoms with Gasteiger partial charge in [0.2, 0.25) is 10.0 Å². The second-order valence-electron chi connectivity index (χ2n) is 4.69. The summed E-state index contributed by atoms with van der Waals surface area (Å²) in [6.45, 7) is 3.14. The van der Waals surface area contributed by atoms with Crippen molar-refractivity contribution in [3.8, 4) is 0 Å².